The van der Waals surface area contributed by atoms with Crippen LogP contribution in [-0.4, -0.2) is 144 Å². The second kappa shape index (κ2) is 21.9. The summed E-state index contributed by atoms with van der Waals surface area (Å²) >= 11 is 2.69. The Morgan fingerprint density at radius 1 is 0.973 bits per heavy atom. The molecule has 1 N–H and O–H groups in total. The Morgan fingerprint density at radius 2 is 1.65 bits per heavy atom. The van der Waals surface area contributed by atoms with E-state index in [2.05, 4.69) is 15.5 Å². The van der Waals surface area contributed by atoms with Crippen LogP contribution in [-0.2, 0) is 46.7 Å². The fraction of sp³-hybridized carbons (Fsp3) is 0.451. The maximum atomic E-state index is 14.5. The fourth-order valence-corrected chi connectivity index (χ4v) is 11.3. The highest BCUT2D eigenvalue weighted by atomic mass is 32.2. The van der Waals surface area contributed by atoms with Gasteiger partial charge in [0.25, 0.3) is 17.5 Å². The van der Waals surface area contributed by atoms with Crippen LogP contribution in [0.15, 0.2) is 82.6 Å². The van der Waals surface area contributed by atoms with Gasteiger partial charge in [0.1, 0.15) is 65.7 Å². The molecular weight excluding hydrogens is 994 g/mol. The number of amides is 3. The number of hydrogen-bond acceptors (Lipinski definition) is 17. The number of carbonyl (C=O) groups is 5. The molecule has 74 heavy (non-hydrogen) atoms. The van der Waals surface area contributed by atoms with Crippen LogP contribution in [0.2, 0.25) is 0 Å². The molecule has 8 rings (SSSR count). The summed E-state index contributed by atoms with van der Waals surface area (Å²) in [4.78, 5) is 83.5. The van der Waals surface area contributed by atoms with Crippen LogP contribution >= 0.6 is 23.1 Å². The number of esters is 2. The van der Waals surface area contributed by atoms with E-state index >= 15 is 0 Å². The van der Waals surface area contributed by atoms with E-state index in [4.69, 9.17) is 33.2 Å². The zero-order valence-corrected chi connectivity index (χ0v) is 44.6. The van der Waals surface area contributed by atoms with Gasteiger partial charge in [-0.25, -0.2) is 14.6 Å². The van der Waals surface area contributed by atoms with Gasteiger partial charge in [0, 0.05) is 29.5 Å². The highest BCUT2D eigenvalue weighted by molar-refractivity contribution is 8.00. The number of oxime groups is 1. The maximum Gasteiger partial charge on any atom is 0.355 e. The number of methoxy groups -OCH3 is 2. The monoisotopic (exact) mass is 1050 g/mol. The predicted molar refractivity (Wildman–Crippen MR) is 275 cm³/mol. The molecule has 4 aliphatic rings. The van der Waals surface area contributed by atoms with Crippen LogP contribution in [0.5, 0.6) is 23.0 Å². The third kappa shape index (κ3) is 11.6. The van der Waals surface area contributed by atoms with Crippen LogP contribution in [0.1, 0.15) is 79.8 Å². The summed E-state index contributed by atoms with van der Waals surface area (Å²) in [6.45, 7) is 12.3. The van der Waals surface area contributed by atoms with Crippen LogP contribution in [0.3, 0.4) is 0 Å². The Balaban J connectivity index is 1.01. The summed E-state index contributed by atoms with van der Waals surface area (Å²) in [6, 6.07) is 14.7. The molecule has 392 valence electrons. The first-order chi connectivity index (χ1) is 35.2. The summed E-state index contributed by atoms with van der Waals surface area (Å²) in [7, 11) is 4.59. The van der Waals surface area contributed by atoms with E-state index in [1.807, 2.05) is 24.3 Å². The average Bonchev–Trinajstić information content (AvgIpc) is 4.01. The van der Waals surface area contributed by atoms with Crippen molar-refractivity contribution in [2.24, 2.45) is 5.16 Å². The molecular formula is C51H61BN7O13S2+. The van der Waals surface area contributed by atoms with Gasteiger partial charge in [0.15, 0.2) is 11.5 Å². The maximum absolute atomic E-state index is 14.5. The van der Waals surface area contributed by atoms with E-state index < -0.39 is 52.3 Å². The summed E-state index contributed by atoms with van der Waals surface area (Å²) < 4.78 is 34.6. The van der Waals surface area contributed by atoms with Crippen molar-refractivity contribution in [2.75, 3.05) is 52.7 Å². The Hall–Kier alpha value is -6.85. The molecule has 3 saturated heterocycles. The van der Waals surface area contributed by atoms with Gasteiger partial charge in [-0.15, -0.1) is 23.1 Å². The zero-order chi connectivity index (χ0) is 53.1. The highest BCUT2D eigenvalue weighted by Crippen LogP contribution is 2.43. The van der Waals surface area contributed by atoms with Crippen molar-refractivity contribution < 1.29 is 66.4 Å². The number of benzene rings is 2. The molecule has 6 heterocycles. The number of carbonyl (C=O) groups excluding carboxylic acids is 5. The van der Waals surface area contributed by atoms with Gasteiger partial charge in [-0.2, -0.15) is 4.73 Å². The van der Waals surface area contributed by atoms with Crippen molar-refractivity contribution in [3.8, 4) is 23.0 Å². The quantitative estimate of drug-likeness (QED) is 0.0218. The standard InChI is InChI=1S/C51H60BN7O13S2/c1-30-53-37(29-73-30)41(55-72-51(5,6)49(64)70-50(2,3)4)44(60)54-42-46(62)58-43(48(63)69-27-32-13-17-36(67-8)18-14-32)33(28-74-47(42)58)25-59-20-9-10-34(59)23-56(19-21-59)45(61)38-22-39(71-52)40(24-57(38)65)68-26-31-11-15-35(66-7)16-12-31/h11-18,22,24,29,34,42,47H,9-10,19-21,23,25-28,52H2,1-8H3/p+1/b55-41-/t34-,42+,47+,59?/m0/s1. The number of nitrogens with zero attached hydrogens (tertiary/aromatic N) is 6. The molecule has 4 atom stereocenters. The molecule has 1 unspecified atom stereocenters. The molecule has 2 aromatic carbocycles. The van der Waals surface area contributed by atoms with Crippen LogP contribution in [0, 0.1) is 12.1 Å². The second-order valence-electron chi connectivity index (χ2n) is 20.0. The number of quaternary nitrogens is 1. The lowest BCUT2D eigenvalue weighted by Gasteiger charge is -2.51. The molecule has 23 heteroatoms. The topological polar surface area (TPSA) is 221 Å². The molecule has 2 aromatic heterocycles. The van der Waals surface area contributed by atoms with E-state index in [1.54, 1.807) is 76.5 Å². The summed E-state index contributed by atoms with van der Waals surface area (Å²) in [6.07, 6.45) is 2.86. The Morgan fingerprint density at radius 3 is 2.27 bits per heavy atom. The van der Waals surface area contributed by atoms with Crippen molar-refractivity contribution in [2.45, 2.75) is 96.3 Å². The van der Waals surface area contributed by atoms with Gasteiger partial charge in [-0.05, 0) is 76.9 Å². The number of ether oxygens (including phenoxy) is 5. The number of thioether (sulfide) groups is 1. The minimum absolute atomic E-state index is 0.0395. The Labute approximate surface area is 438 Å². The molecule has 3 fully saturated rings. The minimum atomic E-state index is -1.59. The van der Waals surface area contributed by atoms with Crippen molar-refractivity contribution in [3.05, 3.63) is 110 Å². The summed E-state index contributed by atoms with van der Waals surface area (Å²) in [5, 5.41) is 22.0. The van der Waals surface area contributed by atoms with E-state index in [0.29, 0.717) is 68.8 Å². The van der Waals surface area contributed by atoms with Gasteiger partial charge in [0.05, 0.1) is 51.5 Å². The number of rotatable bonds is 18. The van der Waals surface area contributed by atoms with Crippen LogP contribution in [0.4, 0.5) is 0 Å². The Kier molecular flexibility index (Phi) is 15.8. The SMILES string of the molecule is BOc1cc(C(=O)N2CC[N+]3(CC4=C(C(=O)OCc5ccc(OC)cc5)N5C(=O)[C@@H](NC(=O)/C(=N\OC(C)(C)C(=O)OC(C)(C)C)c6csc(C)n6)[C@H]5SC4)CCC[C@H]3C2)[n+]([O-])cc1OCc1ccc(OC)cc1. The van der Waals surface area contributed by atoms with E-state index in [1.165, 1.54) is 62.2 Å². The van der Waals surface area contributed by atoms with Crippen LogP contribution in [0.25, 0.3) is 0 Å². The molecule has 20 nitrogen and oxygen atoms in total. The first-order valence-corrected chi connectivity index (χ1v) is 26.1. The van der Waals surface area contributed by atoms with Gasteiger partial charge < -0.3 is 53.1 Å². The largest absolute Gasteiger partial charge is 0.618 e. The smallest absolute Gasteiger partial charge is 0.355 e. The second-order valence-corrected chi connectivity index (χ2v) is 22.1. The van der Waals surface area contributed by atoms with Crippen LogP contribution < -0.4 is 28.9 Å². The van der Waals surface area contributed by atoms with Gasteiger partial charge >= 0.3 is 25.9 Å². The van der Waals surface area contributed by atoms with E-state index in [9.17, 15) is 29.2 Å². The summed E-state index contributed by atoms with van der Waals surface area (Å²) in [5.74, 6) is -1.03. The number of aryl methyl sites for hydroxylation is 1. The van der Waals surface area contributed by atoms with Crippen molar-refractivity contribution in [1.29, 1.82) is 0 Å². The number of pyridine rings is 1. The van der Waals surface area contributed by atoms with Crippen molar-refractivity contribution in [1.82, 2.24) is 20.1 Å². The number of thiazole rings is 1. The lowest BCUT2D eigenvalue weighted by Crippen LogP contribution is -2.71. The lowest BCUT2D eigenvalue weighted by atomic mass is 10.0. The van der Waals surface area contributed by atoms with Crippen molar-refractivity contribution in [3.63, 3.8) is 0 Å². The first-order valence-electron chi connectivity index (χ1n) is 24.1. The predicted octanol–water partition coefficient (Wildman–Crippen LogP) is 3.98. The molecule has 3 amide bonds. The molecule has 4 aliphatic heterocycles. The number of fused-ring (bicyclic) bond motifs is 2. The number of piperazine rings is 1. The number of aromatic nitrogens is 2. The number of nitrogens with one attached hydrogen (secondary N) is 1. The molecule has 0 radical (unpaired) electrons. The third-order valence-electron chi connectivity index (χ3n) is 13.3. The van der Waals surface area contributed by atoms with Gasteiger partial charge in [-0.1, -0.05) is 29.4 Å². The number of β-lactam (4-membered cyclic amide) rings is 1. The fourth-order valence-electron chi connectivity index (χ4n) is 9.36. The van der Waals surface area contributed by atoms with E-state index in [0.717, 1.165) is 24.9 Å². The molecule has 0 aliphatic carbocycles. The molecule has 0 spiro atoms. The van der Waals surface area contributed by atoms with Gasteiger partial charge in [0.2, 0.25) is 17.5 Å². The third-order valence-corrected chi connectivity index (χ3v) is 15.4. The molecule has 0 saturated carbocycles. The average molecular weight is 1060 g/mol. The highest BCUT2D eigenvalue weighted by Gasteiger charge is 2.57. The molecule has 4 aromatic rings. The minimum Gasteiger partial charge on any atom is -0.618 e. The number of hydrogen-bond donors (Lipinski definition) is 1. The normalized spacial score (nSPS) is 20.7. The zero-order valence-electron chi connectivity index (χ0n) is 43.0. The molecule has 0 bridgehead atoms. The Bertz CT molecular complexity index is 2850. The van der Waals surface area contributed by atoms with Crippen molar-refractivity contribution >= 4 is 66.5 Å². The lowest BCUT2D eigenvalue weighted by molar-refractivity contribution is -0.938. The van der Waals surface area contributed by atoms with Gasteiger partial charge in [-0.3, -0.25) is 19.3 Å². The first kappa shape index (κ1) is 53.4. The summed E-state index contributed by atoms with van der Waals surface area (Å²) in [5.41, 5.74) is -0.196. The van der Waals surface area contributed by atoms with E-state index in [-0.39, 0.29) is 53.6 Å².